The Kier molecular flexibility index (Phi) is 8.92. The van der Waals surface area contributed by atoms with Gasteiger partial charge in [0.2, 0.25) is 5.95 Å². The molecule has 4 aromatic heterocycles. The van der Waals surface area contributed by atoms with Crippen molar-refractivity contribution in [3.05, 3.63) is 206 Å². The van der Waals surface area contributed by atoms with Crippen LogP contribution in [0.1, 0.15) is 0 Å². The van der Waals surface area contributed by atoms with Gasteiger partial charge in [0.1, 0.15) is 0 Å². The second kappa shape index (κ2) is 14.9. The predicted molar refractivity (Wildman–Crippen MR) is 244 cm³/mol. The van der Waals surface area contributed by atoms with Crippen molar-refractivity contribution >= 4 is 54.4 Å². The Morgan fingerprint density at radius 1 is 0.410 bits per heavy atom. The van der Waals surface area contributed by atoms with E-state index < -0.39 is 0 Å². The first-order valence-corrected chi connectivity index (χ1v) is 20.1. The average molecular weight is 958 g/mol. The smallest absolute Gasteiger partial charge is 0.238 e. The largest absolute Gasteiger partial charge is 0.307 e. The molecule has 61 heavy (non-hydrogen) atoms. The SMILES string of the molecule is [Ir].[c-]1ccc(-c2ccc3c(c2)c2ccc4c5ccccc5n(-c5nc(-c6ccccc6)nc(-c6ccccc6)n5)c4c2n3-c2ccccc2)cc1-c1cc2ccccc2cn1. The summed E-state index contributed by atoms with van der Waals surface area (Å²) in [4.78, 5) is 20.4. The van der Waals surface area contributed by atoms with Crippen molar-refractivity contribution in [3.63, 3.8) is 0 Å². The minimum Gasteiger partial charge on any atom is -0.307 e. The van der Waals surface area contributed by atoms with Crippen molar-refractivity contribution in [3.8, 4) is 56.8 Å². The molecule has 12 rings (SSSR count). The van der Waals surface area contributed by atoms with E-state index in [1.54, 1.807) is 0 Å². The van der Waals surface area contributed by atoms with Gasteiger partial charge in [0, 0.05) is 64.7 Å². The molecule has 0 aliphatic rings. The molecule has 0 unspecified atom stereocenters. The van der Waals surface area contributed by atoms with Gasteiger partial charge in [0.05, 0.1) is 22.1 Å². The van der Waals surface area contributed by atoms with Crippen LogP contribution in [0, 0.1) is 6.07 Å². The second-order valence-electron chi connectivity index (χ2n) is 15.0. The van der Waals surface area contributed by atoms with E-state index in [2.05, 4.69) is 161 Å². The molecular formula is C54H33IrN6-. The van der Waals surface area contributed by atoms with Gasteiger partial charge < -0.3 is 9.55 Å². The average Bonchev–Trinajstić information content (AvgIpc) is 3.85. The summed E-state index contributed by atoms with van der Waals surface area (Å²) in [5.74, 6) is 1.79. The molecule has 0 aliphatic carbocycles. The van der Waals surface area contributed by atoms with E-state index in [9.17, 15) is 0 Å². The topological polar surface area (TPSA) is 61.4 Å². The van der Waals surface area contributed by atoms with Crippen LogP contribution in [0.5, 0.6) is 0 Å². The van der Waals surface area contributed by atoms with Crippen LogP contribution in [0.25, 0.3) is 111 Å². The minimum absolute atomic E-state index is 0. The number of para-hydroxylation sites is 2. The Labute approximate surface area is 364 Å². The molecule has 0 saturated heterocycles. The monoisotopic (exact) mass is 958 g/mol. The first kappa shape index (κ1) is 36.5. The van der Waals surface area contributed by atoms with E-state index in [-0.39, 0.29) is 20.1 Å². The molecule has 4 heterocycles. The van der Waals surface area contributed by atoms with Gasteiger partial charge in [-0.25, -0.2) is 4.98 Å². The molecule has 0 atom stereocenters. The summed E-state index contributed by atoms with van der Waals surface area (Å²) < 4.78 is 4.63. The fourth-order valence-corrected chi connectivity index (χ4v) is 8.71. The van der Waals surface area contributed by atoms with Crippen LogP contribution in [0.2, 0.25) is 0 Å². The number of nitrogens with zero attached hydrogens (tertiary/aromatic N) is 6. The molecule has 289 valence electrons. The number of pyridine rings is 1. The molecule has 0 bridgehead atoms. The fourth-order valence-electron chi connectivity index (χ4n) is 8.71. The quantitative estimate of drug-likeness (QED) is 0.156. The fraction of sp³-hybridized carbons (Fsp3) is 0. The van der Waals surface area contributed by atoms with Crippen molar-refractivity contribution in [2.24, 2.45) is 0 Å². The molecule has 12 aromatic rings. The van der Waals surface area contributed by atoms with Crippen LogP contribution >= 0.6 is 0 Å². The third-order valence-corrected chi connectivity index (χ3v) is 11.5. The number of fused-ring (bicyclic) bond motifs is 8. The minimum atomic E-state index is 0. The zero-order valence-electron chi connectivity index (χ0n) is 32.6. The Balaban J connectivity index is 0.00000420. The van der Waals surface area contributed by atoms with Gasteiger partial charge in [-0.05, 0) is 52.4 Å². The van der Waals surface area contributed by atoms with E-state index in [1.807, 2.05) is 54.7 Å². The molecule has 1 radical (unpaired) electrons. The first-order chi connectivity index (χ1) is 29.7. The molecule has 0 amide bonds. The van der Waals surface area contributed by atoms with Crippen LogP contribution in [0.4, 0.5) is 0 Å². The normalized spacial score (nSPS) is 11.5. The summed E-state index contributed by atoms with van der Waals surface area (Å²) in [6.07, 6.45) is 1.94. The van der Waals surface area contributed by atoms with Crippen molar-refractivity contribution in [1.82, 2.24) is 29.1 Å². The third-order valence-electron chi connectivity index (χ3n) is 11.5. The maximum atomic E-state index is 5.26. The second-order valence-corrected chi connectivity index (χ2v) is 15.0. The number of benzene rings is 8. The molecular weight excluding hydrogens is 925 g/mol. The van der Waals surface area contributed by atoms with Crippen LogP contribution in [-0.2, 0) is 20.1 Å². The molecule has 6 nitrogen and oxygen atoms in total. The predicted octanol–water partition coefficient (Wildman–Crippen LogP) is 13.1. The van der Waals surface area contributed by atoms with Crippen LogP contribution in [-0.4, -0.2) is 29.1 Å². The van der Waals surface area contributed by atoms with Gasteiger partial charge in [0.25, 0.3) is 0 Å². The van der Waals surface area contributed by atoms with Gasteiger partial charge >= 0.3 is 0 Å². The molecule has 7 heteroatoms. The molecule has 0 saturated carbocycles. The van der Waals surface area contributed by atoms with Crippen LogP contribution in [0.15, 0.2) is 200 Å². The van der Waals surface area contributed by atoms with Crippen molar-refractivity contribution < 1.29 is 20.1 Å². The van der Waals surface area contributed by atoms with Crippen molar-refractivity contribution in [2.45, 2.75) is 0 Å². The summed E-state index contributed by atoms with van der Waals surface area (Å²) in [6.45, 7) is 0. The number of hydrogen-bond donors (Lipinski definition) is 0. The Bertz CT molecular complexity index is 3540. The van der Waals surface area contributed by atoms with Gasteiger partial charge in [-0.15, -0.1) is 35.4 Å². The summed E-state index contributed by atoms with van der Waals surface area (Å²) in [6, 6.07) is 71.1. The van der Waals surface area contributed by atoms with Gasteiger partial charge in [-0.3, -0.25) is 4.57 Å². The summed E-state index contributed by atoms with van der Waals surface area (Å²) in [5, 5.41) is 6.80. The zero-order chi connectivity index (χ0) is 39.6. The first-order valence-electron chi connectivity index (χ1n) is 20.1. The molecule has 0 spiro atoms. The van der Waals surface area contributed by atoms with E-state index in [1.165, 1.54) is 0 Å². The Hall–Kier alpha value is -7.57. The van der Waals surface area contributed by atoms with E-state index in [0.29, 0.717) is 17.6 Å². The molecule has 0 aliphatic heterocycles. The third kappa shape index (κ3) is 6.13. The molecule has 0 N–H and O–H groups in total. The summed E-state index contributed by atoms with van der Waals surface area (Å²) in [5.41, 5.74) is 11.2. The van der Waals surface area contributed by atoms with Crippen LogP contribution in [0.3, 0.4) is 0 Å². The van der Waals surface area contributed by atoms with E-state index in [4.69, 9.17) is 19.9 Å². The van der Waals surface area contributed by atoms with E-state index >= 15 is 0 Å². The van der Waals surface area contributed by atoms with Gasteiger partial charge in [0.15, 0.2) is 11.6 Å². The zero-order valence-corrected chi connectivity index (χ0v) is 35.0. The summed E-state index contributed by atoms with van der Waals surface area (Å²) in [7, 11) is 0. The standard InChI is InChI=1S/C54H33N6.Ir/c1-4-15-35(16-5-1)52-56-53(36-17-6-2-7-18-36)58-54(57-52)60-48-26-13-12-25-43(48)44-28-29-45-46-32-39(27-30-49(46)59(50(45)51(44)60)42-23-8-3-9-24-42)37-21-14-22-40(31-37)47-33-38-19-10-11-20-41(38)34-55-47;/h1-21,23-34H;/q-1;. The molecule has 0 fully saturated rings. The maximum absolute atomic E-state index is 5.26. The Morgan fingerprint density at radius 3 is 1.74 bits per heavy atom. The maximum Gasteiger partial charge on any atom is 0.238 e. The van der Waals surface area contributed by atoms with Crippen LogP contribution < -0.4 is 0 Å². The summed E-state index contributed by atoms with van der Waals surface area (Å²) >= 11 is 0. The van der Waals surface area contributed by atoms with Crippen molar-refractivity contribution in [1.29, 1.82) is 0 Å². The number of hydrogen-bond acceptors (Lipinski definition) is 4. The van der Waals surface area contributed by atoms with Crippen molar-refractivity contribution in [2.75, 3.05) is 0 Å². The number of aromatic nitrogens is 6. The van der Waals surface area contributed by atoms with Gasteiger partial charge in [-0.2, -0.15) is 9.97 Å². The Morgan fingerprint density at radius 2 is 1.00 bits per heavy atom. The molecule has 8 aromatic carbocycles. The van der Waals surface area contributed by atoms with Gasteiger partial charge in [-0.1, -0.05) is 146 Å². The number of rotatable bonds is 6. The van der Waals surface area contributed by atoms with E-state index in [0.717, 1.165) is 93.6 Å².